The zero-order valence-corrected chi connectivity index (χ0v) is 13.1. The number of fused-ring (bicyclic) bond motifs is 1. The van der Waals surface area contributed by atoms with Crippen LogP contribution in [0.1, 0.15) is 20.3 Å². The van der Waals surface area contributed by atoms with Crippen LogP contribution in [0.4, 0.5) is 0 Å². The molecule has 0 saturated heterocycles. The predicted octanol–water partition coefficient (Wildman–Crippen LogP) is 1.89. The number of hydrogen-bond donors (Lipinski definition) is 2. The number of para-hydroxylation sites is 1. The molecule has 1 atom stereocenters. The highest BCUT2D eigenvalue weighted by Crippen LogP contribution is 2.21. The van der Waals surface area contributed by atoms with E-state index in [9.17, 15) is 8.42 Å². The standard InChI is InChI=1S/C15H21N3O2S/c1-11(2)9-13(10-16)18-21(19,20)14-7-3-5-12-6-4-8-17-15(12)14/h3-8,11,13,18H,9-10,16H2,1-2H3/t13-/m0/s1. The number of nitrogens with zero attached hydrogens (tertiary/aromatic N) is 1. The second-order valence-electron chi connectivity index (χ2n) is 5.51. The molecule has 114 valence electrons. The van der Waals surface area contributed by atoms with E-state index in [4.69, 9.17) is 5.73 Å². The van der Waals surface area contributed by atoms with E-state index in [1.807, 2.05) is 26.0 Å². The summed E-state index contributed by atoms with van der Waals surface area (Å²) in [6.07, 6.45) is 2.30. The second kappa shape index (κ2) is 6.51. The monoisotopic (exact) mass is 307 g/mol. The minimum atomic E-state index is -3.64. The van der Waals surface area contributed by atoms with Crippen molar-refractivity contribution in [3.63, 3.8) is 0 Å². The summed E-state index contributed by atoms with van der Waals surface area (Å²) < 4.78 is 27.9. The van der Waals surface area contributed by atoms with Crippen molar-refractivity contribution >= 4 is 20.9 Å². The van der Waals surface area contributed by atoms with E-state index in [0.29, 0.717) is 17.9 Å². The third kappa shape index (κ3) is 3.78. The highest BCUT2D eigenvalue weighted by molar-refractivity contribution is 7.89. The van der Waals surface area contributed by atoms with Gasteiger partial charge in [0.2, 0.25) is 10.0 Å². The number of benzene rings is 1. The SMILES string of the molecule is CC(C)C[C@@H](CN)NS(=O)(=O)c1cccc2cccnc12. The third-order valence-electron chi connectivity index (χ3n) is 3.25. The molecule has 0 fully saturated rings. The van der Waals surface area contributed by atoms with Gasteiger partial charge in [0.05, 0.1) is 5.52 Å². The Kier molecular flexibility index (Phi) is 4.92. The summed E-state index contributed by atoms with van der Waals surface area (Å²) in [7, 11) is -3.64. The Morgan fingerprint density at radius 1 is 1.24 bits per heavy atom. The molecule has 1 aromatic carbocycles. The molecule has 0 bridgehead atoms. The number of aromatic nitrogens is 1. The van der Waals surface area contributed by atoms with Gasteiger partial charge in [-0.1, -0.05) is 32.0 Å². The zero-order chi connectivity index (χ0) is 15.5. The maximum absolute atomic E-state index is 12.6. The van der Waals surface area contributed by atoms with E-state index < -0.39 is 10.0 Å². The number of rotatable bonds is 6. The van der Waals surface area contributed by atoms with Gasteiger partial charge >= 0.3 is 0 Å². The normalized spacial score (nSPS) is 13.7. The molecular formula is C15H21N3O2S. The van der Waals surface area contributed by atoms with Crippen molar-refractivity contribution in [3.05, 3.63) is 36.5 Å². The number of nitrogens with one attached hydrogen (secondary N) is 1. The van der Waals surface area contributed by atoms with E-state index in [1.165, 1.54) is 0 Å². The van der Waals surface area contributed by atoms with Gasteiger partial charge in [0, 0.05) is 24.2 Å². The fourth-order valence-corrected chi connectivity index (χ4v) is 3.78. The first-order valence-electron chi connectivity index (χ1n) is 7.00. The molecular weight excluding hydrogens is 286 g/mol. The third-order valence-corrected chi connectivity index (χ3v) is 4.80. The van der Waals surface area contributed by atoms with E-state index in [1.54, 1.807) is 24.4 Å². The number of hydrogen-bond acceptors (Lipinski definition) is 4. The Morgan fingerprint density at radius 3 is 2.62 bits per heavy atom. The molecule has 5 nitrogen and oxygen atoms in total. The van der Waals surface area contributed by atoms with Crippen LogP contribution in [0.5, 0.6) is 0 Å². The minimum absolute atomic E-state index is 0.197. The lowest BCUT2D eigenvalue weighted by Crippen LogP contribution is -2.41. The Hall–Kier alpha value is -1.50. The summed E-state index contributed by atoms with van der Waals surface area (Å²) in [5.41, 5.74) is 6.16. The molecule has 6 heteroatoms. The van der Waals surface area contributed by atoms with E-state index in [-0.39, 0.29) is 17.5 Å². The van der Waals surface area contributed by atoms with Gasteiger partial charge in [-0.2, -0.15) is 0 Å². The lowest BCUT2D eigenvalue weighted by Gasteiger charge is -2.19. The molecule has 0 unspecified atom stereocenters. The van der Waals surface area contributed by atoms with Crippen molar-refractivity contribution in [3.8, 4) is 0 Å². The van der Waals surface area contributed by atoms with E-state index in [2.05, 4.69) is 9.71 Å². The molecule has 0 aliphatic heterocycles. The van der Waals surface area contributed by atoms with Crippen molar-refractivity contribution < 1.29 is 8.42 Å². The fraction of sp³-hybridized carbons (Fsp3) is 0.400. The molecule has 1 aromatic heterocycles. The quantitative estimate of drug-likeness (QED) is 0.853. The molecule has 2 aromatic rings. The summed E-state index contributed by atoms with van der Waals surface area (Å²) in [4.78, 5) is 4.39. The van der Waals surface area contributed by atoms with Crippen LogP contribution in [0.2, 0.25) is 0 Å². The van der Waals surface area contributed by atoms with Crippen molar-refractivity contribution in [1.29, 1.82) is 0 Å². The summed E-state index contributed by atoms with van der Waals surface area (Å²) in [5, 5.41) is 0.800. The molecule has 0 radical (unpaired) electrons. The molecule has 21 heavy (non-hydrogen) atoms. The second-order valence-corrected chi connectivity index (χ2v) is 7.20. The largest absolute Gasteiger partial charge is 0.329 e. The Labute approximate surface area is 125 Å². The van der Waals surface area contributed by atoms with Crippen LogP contribution >= 0.6 is 0 Å². The lowest BCUT2D eigenvalue weighted by atomic mass is 10.1. The van der Waals surface area contributed by atoms with Gasteiger partial charge in [-0.25, -0.2) is 13.1 Å². The Balaban J connectivity index is 2.38. The van der Waals surface area contributed by atoms with Gasteiger partial charge in [0.15, 0.2) is 0 Å². The molecule has 0 saturated carbocycles. The van der Waals surface area contributed by atoms with Gasteiger partial charge in [-0.3, -0.25) is 4.98 Å². The first-order chi connectivity index (χ1) is 9.94. The fourth-order valence-electron chi connectivity index (χ4n) is 2.34. The van der Waals surface area contributed by atoms with E-state index >= 15 is 0 Å². The summed E-state index contributed by atoms with van der Waals surface area (Å²) >= 11 is 0. The highest BCUT2D eigenvalue weighted by atomic mass is 32.2. The van der Waals surface area contributed by atoms with Crippen LogP contribution < -0.4 is 10.5 Å². The van der Waals surface area contributed by atoms with Crippen LogP contribution in [0.3, 0.4) is 0 Å². The topological polar surface area (TPSA) is 85.1 Å². The first kappa shape index (κ1) is 15.9. The Bertz CT molecular complexity index is 708. The molecule has 3 N–H and O–H groups in total. The average molecular weight is 307 g/mol. The highest BCUT2D eigenvalue weighted by Gasteiger charge is 2.22. The predicted molar refractivity (Wildman–Crippen MR) is 84.4 cm³/mol. The van der Waals surface area contributed by atoms with Crippen LogP contribution in [0.25, 0.3) is 10.9 Å². The first-order valence-corrected chi connectivity index (χ1v) is 8.48. The lowest BCUT2D eigenvalue weighted by molar-refractivity contribution is 0.465. The summed E-state index contributed by atoms with van der Waals surface area (Å²) in [5.74, 6) is 0.367. The van der Waals surface area contributed by atoms with Crippen molar-refractivity contribution in [1.82, 2.24) is 9.71 Å². The van der Waals surface area contributed by atoms with Gasteiger partial charge < -0.3 is 5.73 Å². The van der Waals surface area contributed by atoms with Crippen LogP contribution in [-0.4, -0.2) is 26.0 Å². The Morgan fingerprint density at radius 2 is 1.95 bits per heavy atom. The number of sulfonamides is 1. The van der Waals surface area contributed by atoms with Crippen molar-refractivity contribution in [2.24, 2.45) is 11.7 Å². The molecule has 2 rings (SSSR count). The van der Waals surface area contributed by atoms with Crippen LogP contribution in [-0.2, 0) is 10.0 Å². The zero-order valence-electron chi connectivity index (χ0n) is 12.3. The number of nitrogens with two attached hydrogens (primary N) is 1. The van der Waals surface area contributed by atoms with Gasteiger partial charge in [-0.05, 0) is 24.5 Å². The van der Waals surface area contributed by atoms with Gasteiger partial charge in [-0.15, -0.1) is 0 Å². The smallest absolute Gasteiger partial charge is 0.243 e. The maximum Gasteiger partial charge on any atom is 0.243 e. The molecule has 0 spiro atoms. The average Bonchev–Trinajstić information content (AvgIpc) is 2.45. The van der Waals surface area contributed by atoms with Crippen LogP contribution in [0.15, 0.2) is 41.4 Å². The summed E-state index contributed by atoms with van der Waals surface area (Å²) in [6.45, 7) is 4.35. The summed E-state index contributed by atoms with van der Waals surface area (Å²) in [6, 6.07) is 8.49. The minimum Gasteiger partial charge on any atom is -0.329 e. The van der Waals surface area contributed by atoms with Crippen LogP contribution in [0, 0.1) is 5.92 Å². The number of pyridine rings is 1. The van der Waals surface area contributed by atoms with Gasteiger partial charge in [0.25, 0.3) is 0 Å². The van der Waals surface area contributed by atoms with Gasteiger partial charge in [0.1, 0.15) is 4.90 Å². The van der Waals surface area contributed by atoms with Crippen molar-refractivity contribution in [2.75, 3.05) is 6.54 Å². The van der Waals surface area contributed by atoms with E-state index in [0.717, 1.165) is 5.39 Å². The van der Waals surface area contributed by atoms with Crippen molar-refractivity contribution in [2.45, 2.75) is 31.2 Å². The molecule has 0 aliphatic carbocycles. The molecule has 1 heterocycles. The molecule has 0 aliphatic rings. The molecule has 0 amide bonds. The maximum atomic E-state index is 12.6.